The fraction of sp³-hybridized carbons (Fsp3) is 0.500. The first-order valence-corrected chi connectivity index (χ1v) is 13.1. The van der Waals surface area contributed by atoms with Gasteiger partial charge in [0, 0.05) is 32.2 Å². The summed E-state index contributed by atoms with van der Waals surface area (Å²) >= 11 is 0. The molecule has 2 aliphatic rings. The van der Waals surface area contributed by atoms with E-state index in [-0.39, 0.29) is 43.1 Å². The molecule has 1 aliphatic carbocycles. The highest BCUT2D eigenvalue weighted by molar-refractivity contribution is 6.03. The summed E-state index contributed by atoms with van der Waals surface area (Å²) in [7, 11) is 0. The highest BCUT2D eigenvalue weighted by Crippen LogP contribution is 2.34. The average Bonchev–Trinajstić information content (AvgIpc) is 3.70. The number of ether oxygens (including phenoxy) is 1. The molecule has 2 N–H and O–H groups in total. The van der Waals surface area contributed by atoms with Crippen LogP contribution in [0.4, 0.5) is 18.9 Å². The van der Waals surface area contributed by atoms with Crippen LogP contribution in [0, 0.1) is 5.92 Å². The lowest BCUT2D eigenvalue weighted by molar-refractivity contribution is -0.139. The van der Waals surface area contributed by atoms with Gasteiger partial charge in [0.05, 0.1) is 24.3 Å². The van der Waals surface area contributed by atoms with Crippen LogP contribution in [0.25, 0.3) is 0 Å². The number of fused-ring (bicyclic) bond motifs is 1. The molecular formula is C28H35F3N4O3. The normalized spacial score (nSPS) is 15.6. The first-order chi connectivity index (χ1) is 18.1. The third-order valence-corrected chi connectivity index (χ3v) is 6.72. The number of rotatable bonds is 11. The molecule has 0 aromatic heterocycles. The van der Waals surface area contributed by atoms with Gasteiger partial charge < -0.3 is 25.2 Å². The summed E-state index contributed by atoms with van der Waals surface area (Å²) in [4.78, 5) is 29.9. The van der Waals surface area contributed by atoms with E-state index in [0.717, 1.165) is 18.9 Å². The number of benzene rings is 2. The highest BCUT2D eigenvalue weighted by atomic mass is 19.4. The molecule has 0 bridgehead atoms. The van der Waals surface area contributed by atoms with Crippen molar-refractivity contribution in [1.82, 2.24) is 15.1 Å². The summed E-state index contributed by atoms with van der Waals surface area (Å²) < 4.78 is 46.6. The number of carbonyl (C=O) groups excluding carboxylic acids is 2. The maximum Gasteiger partial charge on any atom is 0.416 e. The number of carbonyl (C=O) groups is 2. The van der Waals surface area contributed by atoms with E-state index in [0.29, 0.717) is 49.2 Å². The molecule has 1 heterocycles. The van der Waals surface area contributed by atoms with Crippen LogP contribution in [0.5, 0.6) is 5.75 Å². The van der Waals surface area contributed by atoms with Crippen molar-refractivity contribution in [3.05, 3.63) is 59.2 Å². The van der Waals surface area contributed by atoms with Gasteiger partial charge in [-0.3, -0.25) is 9.59 Å². The van der Waals surface area contributed by atoms with E-state index in [1.165, 1.54) is 23.1 Å². The quantitative estimate of drug-likeness (QED) is 0.449. The Bertz CT molecular complexity index is 1130. The van der Waals surface area contributed by atoms with Gasteiger partial charge >= 0.3 is 6.18 Å². The third-order valence-electron chi connectivity index (χ3n) is 6.72. The highest BCUT2D eigenvalue weighted by Gasteiger charge is 2.34. The van der Waals surface area contributed by atoms with Crippen molar-refractivity contribution in [2.75, 3.05) is 44.6 Å². The van der Waals surface area contributed by atoms with E-state index < -0.39 is 11.7 Å². The third kappa shape index (κ3) is 7.18. The van der Waals surface area contributed by atoms with Crippen LogP contribution >= 0.6 is 0 Å². The van der Waals surface area contributed by atoms with Gasteiger partial charge in [0.15, 0.2) is 0 Å². The van der Waals surface area contributed by atoms with E-state index in [2.05, 4.69) is 10.6 Å². The number of anilines is 1. The van der Waals surface area contributed by atoms with Crippen molar-refractivity contribution >= 4 is 17.5 Å². The van der Waals surface area contributed by atoms with Crippen molar-refractivity contribution in [2.45, 2.75) is 45.5 Å². The molecule has 0 spiro atoms. The molecule has 38 heavy (non-hydrogen) atoms. The van der Waals surface area contributed by atoms with Gasteiger partial charge in [-0.1, -0.05) is 38.1 Å². The lowest BCUT2D eigenvalue weighted by Crippen LogP contribution is -2.41. The molecule has 1 fully saturated rings. The largest absolute Gasteiger partial charge is 0.491 e. The van der Waals surface area contributed by atoms with Gasteiger partial charge in [0.2, 0.25) is 5.91 Å². The Morgan fingerprint density at radius 2 is 1.92 bits per heavy atom. The molecular weight excluding hydrogens is 497 g/mol. The van der Waals surface area contributed by atoms with E-state index in [4.69, 9.17) is 4.74 Å². The molecule has 2 aromatic rings. The SMILES string of the molecule is CC(C)NCCN(Cc1ccccc1C(F)(F)F)C(=O)CNc1cccc2c1C(=O)N(CC1CC1)CCO2. The second-order valence-electron chi connectivity index (χ2n) is 10.2. The predicted molar refractivity (Wildman–Crippen MR) is 139 cm³/mol. The van der Waals surface area contributed by atoms with Gasteiger partial charge in [0.25, 0.3) is 5.91 Å². The van der Waals surface area contributed by atoms with Crippen molar-refractivity contribution in [3.63, 3.8) is 0 Å². The minimum Gasteiger partial charge on any atom is -0.491 e. The van der Waals surface area contributed by atoms with Crippen LogP contribution in [0.2, 0.25) is 0 Å². The van der Waals surface area contributed by atoms with Crippen molar-refractivity contribution in [1.29, 1.82) is 0 Å². The zero-order chi connectivity index (χ0) is 27.3. The Labute approximate surface area is 221 Å². The maximum atomic E-state index is 13.6. The fourth-order valence-corrected chi connectivity index (χ4v) is 4.53. The zero-order valence-corrected chi connectivity index (χ0v) is 21.8. The van der Waals surface area contributed by atoms with E-state index in [9.17, 15) is 22.8 Å². The molecule has 0 saturated heterocycles. The van der Waals surface area contributed by atoms with E-state index in [1.54, 1.807) is 23.1 Å². The molecule has 0 radical (unpaired) electrons. The molecule has 1 aliphatic heterocycles. The van der Waals surface area contributed by atoms with Gasteiger partial charge in [-0.2, -0.15) is 13.2 Å². The molecule has 2 amide bonds. The lowest BCUT2D eigenvalue weighted by atomic mass is 10.1. The van der Waals surface area contributed by atoms with Crippen LogP contribution in [0.1, 0.15) is 48.2 Å². The van der Waals surface area contributed by atoms with Crippen LogP contribution in [-0.2, 0) is 17.5 Å². The Kier molecular flexibility index (Phi) is 8.81. The standard InChI is InChI=1S/C28H35F3N4O3/c1-19(2)32-12-13-34(18-21-6-3-4-7-22(21)28(29,30)31)25(36)16-33-23-8-5-9-24-26(23)27(37)35(14-15-38-24)17-20-10-11-20/h3-9,19-20,32-33H,10-18H2,1-2H3. The van der Waals surface area contributed by atoms with Crippen molar-refractivity contribution in [3.8, 4) is 5.75 Å². The molecule has 2 aromatic carbocycles. The van der Waals surface area contributed by atoms with Crippen LogP contribution in [0.3, 0.4) is 0 Å². The summed E-state index contributed by atoms with van der Waals surface area (Å²) in [6.07, 6.45) is -2.29. The number of hydrogen-bond acceptors (Lipinski definition) is 5. The molecule has 1 saturated carbocycles. The van der Waals surface area contributed by atoms with Gasteiger partial charge in [-0.25, -0.2) is 0 Å². The summed E-state index contributed by atoms with van der Waals surface area (Å²) in [6.45, 7) is 5.79. The van der Waals surface area contributed by atoms with Crippen molar-refractivity contribution in [2.24, 2.45) is 5.92 Å². The minimum absolute atomic E-state index is 0.0331. The van der Waals surface area contributed by atoms with Gasteiger partial charge in [-0.15, -0.1) is 0 Å². The van der Waals surface area contributed by atoms with Gasteiger partial charge in [0.1, 0.15) is 17.9 Å². The van der Waals surface area contributed by atoms with Crippen LogP contribution in [0.15, 0.2) is 42.5 Å². The van der Waals surface area contributed by atoms with Crippen LogP contribution in [-0.4, -0.2) is 67.0 Å². The number of halogens is 3. The average molecular weight is 533 g/mol. The second kappa shape index (κ2) is 12.1. The monoisotopic (exact) mass is 532 g/mol. The Morgan fingerprint density at radius 3 is 2.63 bits per heavy atom. The van der Waals surface area contributed by atoms with Gasteiger partial charge in [-0.05, 0) is 42.5 Å². The molecule has 206 valence electrons. The smallest absolute Gasteiger partial charge is 0.416 e. The second-order valence-corrected chi connectivity index (χ2v) is 10.2. The number of alkyl halides is 3. The molecule has 4 rings (SSSR count). The number of hydrogen-bond donors (Lipinski definition) is 2. The van der Waals surface area contributed by atoms with E-state index in [1.807, 2.05) is 13.8 Å². The Morgan fingerprint density at radius 1 is 1.16 bits per heavy atom. The van der Waals surface area contributed by atoms with Crippen molar-refractivity contribution < 1.29 is 27.5 Å². The predicted octanol–water partition coefficient (Wildman–Crippen LogP) is 4.39. The Balaban J connectivity index is 1.50. The first-order valence-electron chi connectivity index (χ1n) is 13.1. The molecule has 0 unspecified atom stereocenters. The summed E-state index contributed by atoms with van der Waals surface area (Å²) in [6, 6.07) is 10.7. The summed E-state index contributed by atoms with van der Waals surface area (Å²) in [5.74, 6) is 0.469. The fourth-order valence-electron chi connectivity index (χ4n) is 4.53. The Hall–Kier alpha value is -3.27. The van der Waals surface area contributed by atoms with E-state index >= 15 is 0 Å². The summed E-state index contributed by atoms with van der Waals surface area (Å²) in [5, 5.41) is 6.28. The topological polar surface area (TPSA) is 73.9 Å². The minimum atomic E-state index is -4.52. The number of nitrogens with zero attached hydrogens (tertiary/aromatic N) is 2. The molecule has 0 atom stereocenters. The lowest BCUT2D eigenvalue weighted by Gasteiger charge is -2.26. The molecule has 7 nitrogen and oxygen atoms in total. The first kappa shape index (κ1) is 27.8. The maximum absolute atomic E-state index is 13.6. The van der Waals surface area contributed by atoms with Crippen LogP contribution < -0.4 is 15.4 Å². The number of nitrogens with one attached hydrogen (secondary N) is 2. The summed E-state index contributed by atoms with van der Waals surface area (Å²) in [5.41, 5.74) is 0.133. The molecule has 10 heteroatoms. The number of amides is 2. The zero-order valence-electron chi connectivity index (χ0n) is 21.8.